The summed E-state index contributed by atoms with van der Waals surface area (Å²) >= 11 is 0. The van der Waals surface area contributed by atoms with E-state index in [2.05, 4.69) is 18.8 Å². The lowest BCUT2D eigenvalue weighted by molar-refractivity contribution is 0.0566. The molecule has 64 valence electrons. The second kappa shape index (κ2) is 4.52. The third-order valence-electron chi connectivity index (χ3n) is 1.98. The number of hydrogen-bond acceptors (Lipinski definition) is 2. The molecule has 1 rings (SSSR count). The zero-order chi connectivity index (χ0) is 8.10. The van der Waals surface area contributed by atoms with E-state index in [1.807, 2.05) is 6.08 Å². The Morgan fingerprint density at radius 3 is 3.00 bits per heavy atom. The highest BCUT2D eigenvalue weighted by molar-refractivity contribution is 4.75. The predicted molar refractivity (Wildman–Crippen MR) is 46.6 cm³/mol. The lowest BCUT2D eigenvalue weighted by Crippen LogP contribution is -2.26. The van der Waals surface area contributed by atoms with Crippen molar-refractivity contribution in [2.45, 2.75) is 32.0 Å². The van der Waals surface area contributed by atoms with E-state index in [0.717, 1.165) is 13.1 Å². The fourth-order valence-corrected chi connectivity index (χ4v) is 1.38. The van der Waals surface area contributed by atoms with Crippen molar-refractivity contribution in [3.63, 3.8) is 0 Å². The van der Waals surface area contributed by atoms with Gasteiger partial charge in [0.05, 0.1) is 12.2 Å². The topological polar surface area (TPSA) is 21.3 Å². The zero-order valence-corrected chi connectivity index (χ0v) is 7.18. The third kappa shape index (κ3) is 3.04. The van der Waals surface area contributed by atoms with Gasteiger partial charge in [-0.3, -0.25) is 0 Å². The van der Waals surface area contributed by atoms with Crippen LogP contribution >= 0.6 is 0 Å². The lowest BCUT2D eigenvalue weighted by Gasteiger charge is -2.10. The van der Waals surface area contributed by atoms with E-state index in [1.54, 1.807) is 0 Å². The van der Waals surface area contributed by atoms with Gasteiger partial charge in [0.25, 0.3) is 0 Å². The maximum Gasteiger partial charge on any atom is 0.0704 e. The Kier molecular flexibility index (Phi) is 3.60. The van der Waals surface area contributed by atoms with Crippen molar-refractivity contribution in [3.8, 4) is 0 Å². The van der Waals surface area contributed by atoms with Gasteiger partial charge in [0.15, 0.2) is 0 Å². The molecular formula is C9H17NO. The van der Waals surface area contributed by atoms with Crippen LogP contribution in [0.15, 0.2) is 12.7 Å². The molecule has 2 atom stereocenters. The van der Waals surface area contributed by atoms with Crippen molar-refractivity contribution in [3.05, 3.63) is 12.7 Å². The van der Waals surface area contributed by atoms with Crippen molar-refractivity contribution in [2.24, 2.45) is 0 Å². The summed E-state index contributed by atoms with van der Waals surface area (Å²) in [5.41, 5.74) is 0. The summed E-state index contributed by atoms with van der Waals surface area (Å²) in [4.78, 5) is 0. The molecule has 1 heterocycles. The van der Waals surface area contributed by atoms with Crippen LogP contribution in [0.25, 0.3) is 0 Å². The molecule has 0 aliphatic carbocycles. The Bertz CT molecular complexity index is 125. The number of nitrogens with one attached hydrogen (secondary N) is 1. The fraction of sp³-hybridized carbons (Fsp3) is 0.778. The Morgan fingerprint density at radius 2 is 2.45 bits per heavy atom. The molecule has 0 amide bonds. The van der Waals surface area contributed by atoms with Gasteiger partial charge in [-0.15, -0.1) is 6.58 Å². The van der Waals surface area contributed by atoms with Crippen LogP contribution in [-0.2, 0) is 4.74 Å². The van der Waals surface area contributed by atoms with Gasteiger partial charge in [-0.25, -0.2) is 0 Å². The monoisotopic (exact) mass is 155 g/mol. The fourth-order valence-electron chi connectivity index (χ4n) is 1.38. The van der Waals surface area contributed by atoms with Crippen molar-refractivity contribution >= 4 is 0 Å². The first-order chi connectivity index (χ1) is 5.33. The molecule has 0 aromatic carbocycles. The maximum atomic E-state index is 5.61. The van der Waals surface area contributed by atoms with E-state index in [4.69, 9.17) is 4.74 Å². The van der Waals surface area contributed by atoms with Gasteiger partial charge < -0.3 is 10.1 Å². The van der Waals surface area contributed by atoms with E-state index >= 15 is 0 Å². The molecule has 0 radical (unpaired) electrons. The number of rotatable bonds is 4. The van der Waals surface area contributed by atoms with E-state index < -0.39 is 0 Å². The Labute approximate surface area is 68.6 Å². The molecule has 1 aliphatic heterocycles. The number of ether oxygens (including phenoxy) is 1. The first kappa shape index (κ1) is 8.75. The summed E-state index contributed by atoms with van der Waals surface area (Å²) in [6, 6.07) is 0. The standard InChI is InChI=1S/C9H17NO/c1-3-6-10-7-9-5-4-8(2)11-9/h3,8-10H,1,4-7H2,2H3. The summed E-state index contributed by atoms with van der Waals surface area (Å²) in [6.07, 6.45) is 5.18. The maximum absolute atomic E-state index is 5.61. The summed E-state index contributed by atoms with van der Waals surface area (Å²) in [5, 5.41) is 3.25. The third-order valence-corrected chi connectivity index (χ3v) is 1.98. The van der Waals surface area contributed by atoms with Gasteiger partial charge in [-0.05, 0) is 19.8 Å². The summed E-state index contributed by atoms with van der Waals surface area (Å²) in [6.45, 7) is 7.62. The van der Waals surface area contributed by atoms with E-state index in [9.17, 15) is 0 Å². The smallest absolute Gasteiger partial charge is 0.0704 e. The van der Waals surface area contributed by atoms with Gasteiger partial charge in [0, 0.05) is 13.1 Å². The molecule has 0 aromatic heterocycles. The Morgan fingerprint density at radius 1 is 1.64 bits per heavy atom. The highest BCUT2D eigenvalue weighted by Crippen LogP contribution is 2.17. The molecule has 0 bridgehead atoms. The second-order valence-electron chi connectivity index (χ2n) is 3.09. The molecule has 1 aliphatic rings. The first-order valence-corrected chi connectivity index (χ1v) is 4.30. The van der Waals surface area contributed by atoms with Crippen molar-refractivity contribution < 1.29 is 4.74 Å². The van der Waals surface area contributed by atoms with Crippen LogP contribution < -0.4 is 5.32 Å². The SMILES string of the molecule is C=CCNCC1CCC(C)O1. The summed E-state index contributed by atoms with van der Waals surface area (Å²) in [7, 11) is 0. The van der Waals surface area contributed by atoms with Crippen molar-refractivity contribution in [2.75, 3.05) is 13.1 Å². The van der Waals surface area contributed by atoms with Crippen LogP contribution in [0.4, 0.5) is 0 Å². The van der Waals surface area contributed by atoms with Crippen molar-refractivity contribution in [1.29, 1.82) is 0 Å². The van der Waals surface area contributed by atoms with Gasteiger partial charge in [0.2, 0.25) is 0 Å². The minimum absolute atomic E-state index is 0.435. The van der Waals surface area contributed by atoms with Crippen LogP contribution in [0, 0.1) is 0 Å². The molecule has 1 N–H and O–H groups in total. The zero-order valence-electron chi connectivity index (χ0n) is 7.18. The normalized spacial score (nSPS) is 30.6. The van der Waals surface area contributed by atoms with E-state index in [0.29, 0.717) is 12.2 Å². The highest BCUT2D eigenvalue weighted by atomic mass is 16.5. The molecule has 0 saturated carbocycles. The van der Waals surface area contributed by atoms with Gasteiger partial charge in [-0.2, -0.15) is 0 Å². The molecule has 1 fully saturated rings. The predicted octanol–water partition coefficient (Wildman–Crippen LogP) is 1.33. The molecule has 2 nitrogen and oxygen atoms in total. The summed E-state index contributed by atoms with van der Waals surface area (Å²) < 4.78 is 5.61. The van der Waals surface area contributed by atoms with Crippen LogP contribution in [0.5, 0.6) is 0 Å². The molecule has 2 heteroatoms. The Balaban J connectivity index is 2.03. The average molecular weight is 155 g/mol. The average Bonchev–Trinajstić information content (AvgIpc) is 2.37. The van der Waals surface area contributed by atoms with Gasteiger partial charge in [-0.1, -0.05) is 6.08 Å². The second-order valence-corrected chi connectivity index (χ2v) is 3.09. The van der Waals surface area contributed by atoms with E-state index in [-0.39, 0.29) is 0 Å². The quantitative estimate of drug-likeness (QED) is 0.488. The number of hydrogen-bond donors (Lipinski definition) is 1. The molecule has 1 saturated heterocycles. The summed E-state index contributed by atoms with van der Waals surface area (Å²) in [5.74, 6) is 0. The highest BCUT2D eigenvalue weighted by Gasteiger charge is 2.20. The molecular weight excluding hydrogens is 138 g/mol. The van der Waals surface area contributed by atoms with Crippen molar-refractivity contribution in [1.82, 2.24) is 5.32 Å². The largest absolute Gasteiger partial charge is 0.374 e. The lowest BCUT2D eigenvalue weighted by atomic mass is 10.2. The van der Waals surface area contributed by atoms with Crippen LogP contribution in [0.1, 0.15) is 19.8 Å². The van der Waals surface area contributed by atoms with Gasteiger partial charge in [0.1, 0.15) is 0 Å². The van der Waals surface area contributed by atoms with Gasteiger partial charge >= 0.3 is 0 Å². The Hall–Kier alpha value is -0.340. The molecule has 2 unspecified atom stereocenters. The minimum atomic E-state index is 0.435. The van der Waals surface area contributed by atoms with Crippen LogP contribution in [0.3, 0.4) is 0 Å². The molecule has 0 spiro atoms. The van der Waals surface area contributed by atoms with Crippen LogP contribution in [0.2, 0.25) is 0 Å². The van der Waals surface area contributed by atoms with Crippen LogP contribution in [-0.4, -0.2) is 25.3 Å². The minimum Gasteiger partial charge on any atom is -0.374 e. The van der Waals surface area contributed by atoms with E-state index in [1.165, 1.54) is 12.8 Å². The molecule has 11 heavy (non-hydrogen) atoms. The first-order valence-electron chi connectivity index (χ1n) is 4.30. The molecule has 0 aromatic rings.